The molecule has 0 aliphatic carbocycles. The minimum absolute atomic E-state index is 0. The summed E-state index contributed by atoms with van der Waals surface area (Å²) in [6, 6.07) is 8.33. The van der Waals surface area contributed by atoms with Crippen molar-refractivity contribution in [2.24, 2.45) is 0 Å². The Morgan fingerprint density at radius 1 is 1.31 bits per heavy atom. The largest absolute Gasteiger partial charge is 1.00 e. The summed E-state index contributed by atoms with van der Waals surface area (Å²) in [5, 5.41) is 12.8. The molecule has 0 fully saturated rings. The van der Waals surface area contributed by atoms with Gasteiger partial charge in [-0.05, 0) is 11.7 Å². The van der Waals surface area contributed by atoms with Gasteiger partial charge in [0.15, 0.2) is 0 Å². The average Bonchev–Trinajstić information content (AvgIpc) is 2.16. The number of hydrogen-bond acceptors (Lipinski definition) is 4. The van der Waals surface area contributed by atoms with Gasteiger partial charge in [-0.15, -0.1) is 0 Å². The Kier molecular flexibility index (Phi) is 10.0. The minimum atomic E-state index is -3.19. The molecule has 0 aromatic heterocycles. The van der Waals surface area contributed by atoms with Gasteiger partial charge in [-0.1, -0.05) is 42.1 Å². The van der Waals surface area contributed by atoms with Gasteiger partial charge in [0.05, 0.1) is 5.97 Å². The molecule has 0 heterocycles. The normalized spacial score (nSPS) is 12.8. The fraction of sp³-hybridized carbons (Fsp3) is 0.125. The van der Waals surface area contributed by atoms with E-state index >= 15 is 0 Å². The first kappa shape index (κ1) is 18.8. The first-order valence-corrected chi connectivity index (χ1v) is 6.56. The van der Waals surface area contributed by atoms with E-state index in [-0.39, 0.29) is 37.7 Å². The summed E-state index contributed by atoms with van der Waals surface area (Å²) >= 11 is 4.78. The van der Waals surface area contributed by atoms with Crippen LogP contribution in [0, 0.1) is 0 Å². The molecule has 0 amide bonds. The molecular weight excluding hydrogens is 235 g/mol. The molecule has 0 saturated carbocycles. The minimum Gasteiger partial charge on any atom is -0.807 e. The molecule has 1 aromatic rings. The zero-order chi connectivity index (χ0) is 10.6. The van der Waals surface area contributed by atoms with E-state index in [0.29, 0.717) is 5.30 Å². The van der Waals surface area contributed by atoms with Crippen molar-refractivity contribution in [3.63, 3.8) is 0 Å². The second-order valence-electron chi connectivity index (χ2n) is 2.59. The van der Waals surface area contributed by atoms with Crippen molar-refractivity contribution in [2.75, 3.05) is 6.54 Å². The molecule has 1 unspecified atom stereocenters. The van der Waals surface area contributed by atoms with Crippen molar-refractivity contribution >= 4 is 29.5 Å². The summed E-state index contributed by atoms with van der Waals surface area (Å²) < 4.78 is 0. The van der Waals surface area contributed by atoms with Gasteiger partial charge in [0, 0.05) is 6.54 Å². The Balaban J connectivity index is 0. The third-order valence-electron chi connectivity index (χ3n) is 1.53. The topological polar surface area (TPSA) is 75.2 Å². The number of aliphatic carboxylic acids is 1. The maximum Gasteiger partial charge on any atom is 1.00 e. The van der Waals surface area contributed by atoms with Gasteiger partial charge in [0.2, 0.25) is 0 Å². The van der Waals surface area contributed by atoms with Crippen LogP contribution in [0.5, 0.6) is 0 Å². The van der Waals surface area contributed by atoms with E-state index in [4.69, 9.17) is 11.8 Å². The molecule has 8 heteroatoms. The van der Waals surface area contributed by atoms with E-state index in [1.807, 2.05) is 0 Å². The van der Waals surface area contributed by atoms with Crippen LogP contribution < -0.4 is 58.1 Å². The van der Waals surface area contributed by atoms with E-state index in [1.165, 1.54) is 0 Å². The standard InChI is InChI=1S/C8H10NO3PS.2Li/c10-8(11)6-9-13(12,14)7-4-2-1-3-5-7;;/h1-5H,6H2,(H,10,11)(H2,9,12,14);;/q;2*+1/p-2. The molecule has 0 radical (unpaired) electrons. The molecule has 1 atom stereocenters. The van der Waals surface area contributed by atoms with E-state index in [1.54, 1.807) is 30.3 Å². The fourth-order valence-corrected chi connectivity index (χ4v) is 2.53. The number of carboxylic acid groups (broad SMARTS) is 1. The third kappa shape index (κ3) is 6.25. The van der Waals surface area contributed by atoms with Crippen molar-refractivity contribution in [3.05, 3.63) is 30.3 Å². The Morgan fingerprint density at radius 3 is 2.25 bits per heavy atom. The van der Waals surface area contributed by atoms with Crippen LogP contribution in [0.15, 0.2) is 30.3 Å². The van der Waals surface area contributed by atoms with Crippen LogP contribution in [0.3, 0.4) is 0 Å². The molecule has 1 aromatic carbocycles. The average molecular weight is 243 g/mol. The monoisotopic (exact) mass is 243 g/mol. The Bertz CT molecular complexity index is 377. The Hall–Kier alpha value is 0.455. The van der Waals surface area contributed by atoms with Crippen LogP contribution in [0.1, 0.15) is 0 Å². The third-order valence-corrected chi connectivity index (χ3v) is 4.10. The van der Waals surface area contributed by atoms with Crippen molar-refractivity contribution in [1.29, 1.82) is 0 Å². The van der Waals surface area contributed by atoms with Gasteiger partial charge in [0.25, 0.3) is 0 Å². The van der Waals surface area contributed by atoms with Crippen LogP contribution in [0.2, 0.25) is 0 Å². The fourth-order valence-electron chi connectivity index (χ4n) is 0.884. The number of rotatable bonds is 4. The maximum atomic E-state index is 11.7. The van der Waals surface area contributed by atoms with Crippen molar-refractivity contribution in [1.82, 2.24) is 5.09 Å². The van der Waals surface area contributed by atoms with Crippen LogP contribution in [0.4, 0.5) is 0 Å². The zero-order valence-corrected chi connectivity index (χ0v) is 10.9. The van der Waals surface area contributed by atoms with Gasteiger partial charge < -0.3 is 14.8 Å². The molecule has 1 N–H and O–H groups in total. The second-order valence-corrected chi connectivity index (χ2v) is 6.07. The zero-order valence-electron chi connectivity index (χ0n) is 9.17. The number of carbonyl (C=O) groups is 1. The first-order valence-electron chi connectivity index (χ1n) is 3.84. The maximum absolute atomic E-state index is 11.7. The van der Waals surface area contributed by atoms with E-state index < -0.39 is 18.9 Å². The van der Waals surface area contributed by atoms with Gasteiger partial charge in [-0.2, -0.15) is 0 Å². The summed E-state index contributed by atoms with van der Waals surface area (Å²) in [5.74, 6) is -1.33. The summed E-state index contributed by atoms with van der Waals surface area (Å²) in [6.45, 7) is -0.504. The van der Waals surface area contributed by atoms with Crippen molar-refractivity contribution in [2.45, 2.75) is 0 Å². The summed E-state index contributed by atoms with van der Waals surface area (Å²) in [6.07, 6.45) is -3.19. The molecule has 4 nitrogen and oxygen atoms in total. The summed E-state index contributed by atoms with van der Waals surface area (Å²) in [7, 11) is 0. The van der Waals surface area contributed by atoms with Crippen molar-refractivity contribution < 1.29 is 52.5 Å². The number of carbonyl (C=O) groups excluding carboxylic acids is 1. The molecule has 0 aliphatic heterocycles. The van der Waals surface area contributed by atoms with Gasteiger partial charge in [0.1, 0.15) is 0 Å². The summed E-state index contributed by atoms with van der Waals surface area (Å²) in [5.41, 5.74) is 0. The molecule has 0 saturated heterocycles. The molecule has 0 spiro atoms. The van der Waals surface area contributed by atoms with Crippen LogP contribution in [0.25, 0.3) is 0 Å². The molecular formula is C8H8Li2NO3PS. The van der Waals surface area contributed by atoms with E-state index in [9.17, 15) is 14.8 Å². The van der Waals surface area contributed by atoms with E-state index in [2.05, 4.69) is 5.09 Å². The molecule has 76 valence electrons. The number of hydrogen-bond donors (Lipinski definition) is 1. The molecule has 16 heavy (non-hydrogen) atoms. The number of benzene rings is 1. The van der Waals surface area contributed by atoms with Gasteiger partial charge in [-0.3, -0.25) is 5.09 Å². The summed E-state index contributed by atoms with van der Waals surface area (Å²) in [4.78, 5) is 21.9. The van der Waals surface area contributed by atoms with Crippen LogP contribution >= 0.6 is 6.42 Å². The molecule has 0 aliphatic rings. The smallest absolute Gasteiger partial charge is 0.807 e. The predicted octanol–water partition coefficient (Wildman–Crippen LogP) is -7.67. The first-order chi connectivity index (χ1) is 6.52. The number of carboxylic acids is 1. The van der Waals surface area contributed by atoms with Gasteiger partial charge in [-0.25, -0.2) is 0 Å². The second kappa shape index (κ2) is 8.53. The molecule has 0 bridgehead atoms. The quantitative estimate of drug-likeness (QED) is 0.420. The Labute approximate surface area is 123 Å². The molecule has 1 rings (SSSR count). The SMILES string of the molecule is O=C([O-])CNP([O-])(=S)c1ccccc1.[Li+].[Li+]. The predicted molar refractivity (Wildman–Crippen MR) is 53.4 cm³/mol. The van der Waals surface area contributed by atoms with Crippen molar-refractivity contribution in [3.8, 4) is 0 Å². The Morgan fingerprint density at radius 2 is 1.81 bits per heavy atom. The van der Waals surface area contributed by atoms with Crippen LogP contribution in [-0.4, -0.2) is 12.5 Å². The number of nitrogens with one attached hydrogen (secondary N) is 1. The van der Waals surface area contributed by atoms with Gasteiger partial charge >= 0.3 is 37.7 Å². The van der Waals surface area contributed by atoms with E-state index in [0.717, 1.165) is 0 Å². The van der Waals surface area contributed by atoms with Crippen LogP contribution in [-0.2, 0) is 16.6 Å².